The van der Waals surface area contributed by atoms with Crippen molar-refractivity contribution >= 4 is 38.2 Å². The Hall–Kier alpha value is -3.65. The predicted octanol–water partition coefficient (Wildman–Crippen LogP) is 4.46. The van der Waals surface area contributed by atoms with Crippen molar-refractivity contribution in [2.75, 3.05) is 16.3 Å². The minimum Gasteiger partial charge on any atom is -0.331 e. The van der Waals surface area contributed by atoms with Crippen LogP contribution in [0.1, 0.15) is 0 Å². The van der Waals surface area contributed by atoms with Gasteiger partial charge in [0, 0.05) is 22.3 Å². The summed E-state index contributed by atoms with van der Waals surface area (Å²) in [6.45, 7) is 0.0317. The van der Waals surface area contributed by atoms with Crippen LogP contribution in [0.5, 0.6) is 0 Å². The molecule has 0 unspecified atom stereocenters. The van der Waals surface area contributed by atoms with Crippen molar-refractivity contribution in [3.63, 3.8) is 0 Å². The Morgan fingerprint density at radius 3 is 2.42 bits per heavy atom. The zero-order valence-electron chi connectivity index (χ0n) is 16.7. The van der Waals surface area contributed by atoms with Crippen LogP contribution in [-0.2, 0) is 21.4 Å². The second-order valence-electron chi connectivity index (χ2n) is 7.16. The monoisotopic (exact) mass is 437 g/mol. The van der Waals surface area contributed by atoms with E-state index in [1.807, 2.05) is 65.2 Å². The summed E-state index contributed by atoms with van der Waals surface area (Å²) in [6, 6.07) is 23.3. The van der Waals surface area contributed by atoms with Crippen molar-refractivity contribution in [2.45, 2.75) is 6.54 Å². The third-order valence-corrected chi connectivity index (χ3v) is 5.32. The van der Waals surface area contributed by atoms with Crippen molar-refractivity contribution in [1.29, 1.82) is 0 Å². The minimum atomic E-state index is -3.65. The van der Waals surface area contributed by atoms with E-state index in [1.54, 1.807) is 0 Å². The molecule has 158 valence electrons. The number of sulfonamides is 1. The van der Waals surface area contributed by atoms with Gasteiger partial charge in [0.25, 0.3) is 0 Å². The van der Waals surface area contributed by atoms with E-state index < -0.39 is 15.8 Å². The van der Waals surface area contributed by atoms with Gasteiger partial charge in [0.15, 0.2) is 0 Å². The lowest BCUT2D eigenvalue weighted by Gasteiger charge is -2.13. The summed E-state index contributed by atoms with van der Waals surface area (Å²) in [5.41, 5.74) is 2.85. The molecular formula is C23H20FN3O3S. The number of anilines is 2. The van der Waals surface area contributed by atoms with Gasteiger partial charge in [-0.05, 0) is 35.9 Å². The molecule has 0 saturated heterocycles. The molecule has 8 heteroatoms. The highest BCUT2D eigenvalue weighted by atomic mass is 32.2. The zero-order valence-corrected chi connectivity index (χ0v) is 17.5. The first kappa shape index (κ1) is 20.6. The Labute approximate surface area is 179 Å². The summed E-state index contributed by atoms with van der Waals surface area (Å²) in [5.74, 6) is -1.05. The largest absolute Gasteiger partial charge is 0.331 e. The molecule has 6 nitrogen and oxygen atoms in total. The number of hydrogen-bond acceptors (Lipinski definition) is 3. The number of carbonyl (C=O) groups excluding carboxylic acids is 1. The zero-order chi connectivity index (χ0) is 22.0. The quantitative estimate of drug-likeness (QED) is 0.467. The normalized spacial score (nSPS) is 11.4. The van der Waals surface area contributed by atoms with Crippen molar-refractivity contribution in [2.24, 2.45) is 0 Å². The van der Waals surface area contributed by atoms with Crippen LogP contribution >= 0.6 is 0 Å². The predicted molar refractivity (Wildman–Crippen MR) is 121 cm³/mol. The van der Waals surface area contributed by atoms with Gasteiger partial charge in [-0.2, -0.15) is 0 Å². The lowest BCUT2D eigenvalue weighted by Crippen LogP contribution is -2.19. The Morgan fingerprint density at radius 1 is 0.968 bits per heavy atom. The number of halogens is 1. The van der Waals surface area contributed by atoms with Crippen LogP contribution in [0.2, 0.25) is 0 Å². The maximum absolute atomic E-state index is 13.9. The molecule has 31 heavy (non-hydrogen) atoms. The Bertz CT molecular complexity index is 1370. The minimum absolute atomic E-state index is 0.0317. The number of rotatable bonds is 6. The highest BCUT2D eigenvalue weighted by Crippen LogP contribution is 2.28. The number of aromatic nitrogens is 1. The second kappa shape index (κ2) is 8.23. The fraction of sp³-hybridized carbons (Fsp3) is 0.0870. The molecule has 0 bridgehead atoms. The maximum Gasteiger partial charge on any atom is 0.244 e. The first-order valence-corrected chi connectivity index (χ1v) is 11.4. The number of fused-ring (bicyclic) bond motifs is 1. The van der Waals surface area contributed by atoms with Crippen LogP contribution in [0.15, 0.2) is 78.9 Å². The van der Waals surface area contributed by atoms with Crippen LogP contribution in [0.4, 0.5) is 15.8 Å². The van der Waals surface area contributed by atoms with E-state index in [1.165, 1.54) is 12.1 Å². The van der Waals surface area contributed by atoms with E-state index in [0.717, 1.165) is 34.5 Å². The molecule has 4 rings (SSSR count). The number of benzene rings is 3. The summed E-state index contributed by atoms with van der Waals surface area (Å²) >= 11 is 0. The lowest BCUT2D eigenvalue weighted by molar-refractivity contribution is -0.116. The fourth-order valence-corrected chi connectivity index (χ4v) is 4.01. The number of carbonyl (C=O) groups is 1. The molecule has 1 aromatic heterocycles. The van der Waals surface area contributed by atoms with Crippen LogP contribution in [-0.4, -0.2) is 25.1 Å². The smallest absolute Gasteiger partial charge is 0.244 e. The SMILES string of the molecule is CS(=O)(=O)Nc1cc(NC(=O)Cn2c(-c3ccccc3)cc3ccccc32)ccc1F. The molecule has 0 aliphatic rings. The van der Waals surface area contributed by atoms with Gasteiger partial charge in [-0.1, -0.05) is 48.5 Å². The Kier molecular flexibility index (Phi) is 5.48. The van der Waals surface area contributed by atoms with E-state index in [9.17, 15) is 17.6 Å². The number of para-hydroxylation sites is 1. The topological polar surface area (TPSA) is 80.2 Å². The van der Waals surface area contributed by atoms with Crippen molar-refractivity contribution in [3.8, 4) is 11.3 Å². The Morgan fingerprint density at radius 2 is 1.68 bits per heavy atom. The first-order valence-electron chi connectivity index (χ1n) is 9.51. The summed E-state index contributed by atoms with van der Waals surface area (Å²) in [4.78, 5) is 12.8. The van der Waals surface area contributed by atoms with E-state index >= 15 is 0 Å². The summed E-state index contributed by atoms with van der Waals surface area (Å²) in [6.07, 6.45) is 0.931. The summed E-state index contributed by atoms with van der Waals surface area (Å²) in [5, 5.41) is 3.73. The van der Waals surface area contributed by atoms with Gasteiger partial charge < -0.3 is 9.88 Å². The summed E-state index contributed by atoms with van der Waals surface area (Å²) in [7, 11) is -3.65. The molecule has 0 atom stereocenters. The van der Waals surface area contributed by atoms with Gasteiger partial charge in [0.1, 0.15) is 12.4 Å². The standard InChI is InChI=1S/C23H20FN3O3S/c1-31(29,30)26-20-14-18(11-12-19(20)24)25-23(28)15-27-21-10-6-5-9-17(21)13-22(27)16-7-3-2-4-8-16/h2-14,26H,15H2,1H3,(H,25,28). The van der Waals surface area contributed by atoms with Gasteiger partial charge in [0.2, 0.25) is 15.9 Å². The molecule has 1 heterocycles. The third-order valence-electron chi connectivity index (χ3n) is 4.73. The van der Waals surface area contributed by atoms with Crippen molar-refractivity contribution in [1.82, 2.24) is 4.57 Å². The molecule has 1 amide bonds. The van der Waals surface area contributed by atoms with E-state index in [0.29, 0.717) is 0 Å². The molecule has 0 fully saturated rings. The average molecular weight is 437 g/mol. The van der Waals surface area contributed by atoms with Crippen LogP contribution in [0.3, 0.4) is 0 Å². The molecule has 0 saturated carbocycles. The highest BCUT2D eigenvalue weighted by Gasteiger charge is 2.15. The van der Waals surface area contributed by atoms with E-state index in [4.69, 9.17) is 0 Å². The molecule has 0 spiro atoms. The van der Waals surface area contributed by atoms with Crippen LogP contribution in [0.25, 0.3) is 22.2 Å². The van der Waals surface area contributed by atoms with Gasteiger partial charge >= 0.3 is 0 Å². The number of hydrogen-bond donors (Lipinski definition) is 2. The van der Waals surface area contributed by atoms with E-state index in [2.05, 4.69) is 10.0 Å². The number of amides is 1. The van der Waals surface area contributed by atoms with Crippen molar-refractivity contribution < 1.29 is 17.6 Å². The lowest BCUT2D eigenvalue weighted by atomic mass is 10.1. The van der Waals surface area contributed by atoms with Crippen molar-refractivity contribution in [3.05, 3.63) is 84.7 Å². The second-order valence-corrected chi connectivity index (χ2v) is 8.91. The molecule has 4 aromatic rings. The third kappa shape index (κ3) is 4.75. The Balaban J connectivity index is 1.63. The maximum atomic E-state index is 13.9. The fourth-order valence-electron chi connectivity index (χ4n) is 3.45. The van der Waals surface area contributed by atoms with Crippen LogP contribution in [0, 0.1) is 5.82 Å². The molecule has 0 radical (unpaired) electrons. The van der Waals surface area contributed by atoms with Crippen LogP contribution < -0.4 is 10.0 Å². The highest BCUT2D eigenvalue weighted by molar-refractivity contribution is 7.92. The average Bonchev–Trinajstić information content (AvgIpc) is 3.08. The first-order chi connectivity index (χ1) is 14.8. The van der Waals surface area contributed by atoms with Gasteiger partial charge in [0.05, 0.1) is 11.9 Å². The molecule has 0 aliphatic carbocycles. The van der Waals surface area contributed by atoms with Gasteiger partial charge in [-0.3, -0.25) is 9.52 Å². The van der Waals surface area contributed by atoms with Gasteiger partial charge in [-0.25, -0.2) is 12.8 Å². The van der Waals surface area contributed by atoms with Gasteiger partial charge in [-0.15, -0.1) is 0 Å². The molecule has 0 aliphatic heterocycles. The summed E-state index contributed by atoms with van der Waals surface area (Å²) < 4.78 is 40.8. The number of nitrogens with one attached hydrogen (secondary N) is 2. The molecule has 3 aromatic carbocycles. The molecule has 2 N–H and O–H groups in total. The number of nitrogens with zero attached hydrogens (tertiary/aromatic N) is 1. The van der Waals surface area contributed by atoms with E-state index in [-0.39, 0.29) is 23.8 Å². The molecular weight excluding hydrogens is 417 g/mol.